The maximum atomic E-state index is 12.1. The third-order valence-corrected chi connectivity index (χ3v) is 5.21. The summed E-state index contributed by atoms with van der Waals surface area (Å²) in [6, 6.07) is 0.199. The third kappa shape index (κ3) is 3.96. The molecule has 0 radical (unpaired) electrons. The molecule has 0 bridgehead atoms. The Hall–Kier alpha value is -0.620. The van der Waals surface area contributed by atoms with Gasteiger partial charge in [-0.3, -0.25) is 4.79 Å². The normalized spacial score (nSPS) is 20.8. The molecule has 2 fully saturated rings. The van der Waals surface area contributed by atoms with E-state index in [1.807, 2.05) is 0 Å². The molecule has 0 amide bonds. The van der Waals surface area contributed by atoms with E-state index in [9.17, 15) is 13.2 Å². The fourth-order valence-corrected chi connectivity index (χ4v) is 3.78. The predicted octanol–water partition coefficient (Wildman–Crippen LogP) is 1.06. The van der Waals surface area contributed by atoms with E-state index in [4.69, 9.17) is 5.11 Å². The topological polar surface area (TPSA) is 74.7 Å². The molecule has 2 aliphatic carbocycles. The molecule has 0 unspecified atom stereocenters. The lowest BCUT2D eigenvalue weighted by atomic mass is 10.3. The van der Waals surface area contributed by atoms with Crippen molar-refractivity contribution in [3.63, 3.8) is 0 Å². The molecule has 0 aliphatic heterocycles. The molecule has 98 valence electrons. The highest BCUT2D eigenvalue weighted by atomic mass is 32.2. The van der Waals surface area contributed by atoms with Crippen LogP contribution in [0.5, 0.6) is 0 Å². The van der Waals surface area contributed by atoms with E-state index in [-0.39, 0.29) is 24.6 Å². The Bertz CT molecular complexity index is 384. The Kier molecular flexibility index (Phi) is 3.73. The highest BCUT2D eigenvalue weighted by molar-refractivity contribution is 7.89. The first kappa shape index (κ1) is 12.8. The predicted molar refractivity (Wildman–Crippen MR) is 63.1 cm³/mol. The fourth-order valence-electron chi connectivity index (χ4n) is 1.93. The summed E-state index contributed by atoms with van der Waals surface area (Å²) in [5.41, 5.74) is 0. The van der Waals surface area contributed by atoms with Crippen molar-refractivity contribution < 1.29 is 18.3 Å². The fraction of sp³-hybridized carbons (Fsp3) is 0.909. The Morgan fingerprint density at radius 3 is 2.35 bits per heavy atom. The molecule has 2 aliphatic rings. The summed E-state index contributed by atoms with van der Waals surface area (Å²) in [4.78, 5) is 10.4. The number of aliphatic carboxylic acids is 1. The van der Waals surface area contributed by atoms with E-state index >= 15 is 0 Å². The molecule has 2 rings (SSSR count). The summed E-state index contributed by atoms with van der Waals surface area (Å²) >= 11 is 0. The van der Waals surface area contributed by atoms with Crippen LogP contribution in [0.2, 0.25) is 0 Å². The van der Waals surface area contributed by atoms with E-state index in [2.05, 4.69) is 0 Å². The van der Waals surface area contributed by atoms with Gasteiger partial charge in [0.15, 0.2) is 0 Å². The van der Waals surface area contributed by atoms with Crippen molar-refractivity contribution >= 4 is 16.0 Å². The molecular formula is C11H19NO4S. The average Bonchev–Trinajstić information content (AvgIpc) is 3.07. The number of carboxylic acids is 1. The number of hydrogen-bond acceptors (Lipinski definition) is 3. The van der Waals surface area contributed by atoms with Crippen LogP contribution in [0.15, 0.2) is 0 Å². The summed E-state index contributed by atoms with van der Waals surface area (Å²) in [5.74, 6) is -0.409. The van der Waals surface area contributed by atoms with Gasteiger partial charge in [0, 0.05) is 19.0 Å². The number of carbonyl (C=O) groups is 1. The van der Waals surface area contributed by atoms with Crippen molar-refractivity contribution in [1.82, 2.24) is 4.31 Å². The number of rotatable bonds is 8. The molecule has 5 nitrogen and oxygen atoms in total. The summed E-state index contributed by atoms with van der Waals surface area (Å²) in [5, 5.41) is 8.52. The third-order valence-electron chi connectivity index (χ3n) is 3.24. The zero-order valence-corrected chi connectivity index (χ0v) is 10.7. The van der Waals surface area contributed by atoms with Crippen LogP contribution in [-0.2, 0) is 14.8 Å². The molecule has 2 saturated carbocycles. The lowest BCUT2D eigenvalue weighted by Crippen LogP contribution is -2.36. The first-order valence-electron chi connectivity index (χ1n) is 6.20. The molecule has 0 aromatic carbocycles. The van der Waals surface area contributed by atoms with E-state index in [0.29, 0.717) is 12.5 Å². The lowest BCUT2D eigenvalue weighted by Gasteiger charge is -2.21. The largest absolute Gasteiger partial charge is 0.481 e. The molecule has 0 spiro atoms. The lowest BCUT2D eigenvalue weighted by molar-refractivity contribution is -0.137. The second-order valence-electron chi connectivity index (χ2n) is 5.06. The number of carboxylic acid groups (broad SMARTS) is 1. The highest BCUT2D eigenvalue weighted by Crippen LogP contribution is 2.36. The number of hydrogen-bond donors (Lipinski definition) is 1. The second kappa shape index (κ2) is 4.94. The first-order chi connectivity index (χ1) is 7.99. The molecule has 17 heavy (non-hydrogen) atoms. The standard InChI is InChI=1S/C11H19NO4S/c13-11(14)2-1-7-17(15,16)12(10-5-6-10)8-9-3-4-9/h9-10H,1-8H2,(H,13,14). The minimum absolute atomic E-state index is 0.0253. The van der Waals surface area contributed by atoms with Crippen LogP contribution in [0.3, 0.4) is 0 Å². The molecule has 6 heteroatoms. The van der Waals surface area contributed by atoms with Gasteiger partial charge in [0.05, 0.1) is 5.75 Å². The Labute approximate surface area is 102 Å². The Balaban J connectivity index is 1.88. The van der Waals surface area contributed by atoms with Crippen molar-refractivity contribution in [2.24, 2.45) is 5.92 Å². The van der Waals surface area contributed by atoms with Crippen molar-refractivity contribution in [1.29, 1.82) is 0 Å². The Morgan fingerprint density at radius 1 is 1.24 bits per heavy atom. The van der Waals surface area contributed by atoms with Gasteiger partial charge in [-0.25, -0.2) is 8.42 Å². The molecule has 0 aromatic rings. The van der Waals surface area contributed by atoms with Crippen molar-refractivity contribution in [3.05, 3.63) is 0 Å². The minimum Gasteiger partial charge on any atom is -0.481 e. The van der Waals surface area contributed by atoms with Gasteiger partial charge in [0.1, 0.15) is 0 Å². The summed E-state index contributed by atoms with van der Waals surface area (Å²) in [6.07, 6.45) is 4.34. The van der Waals surface area contributed by atoms with Gasteiger partial charge in [-0.1, -0.05) is 0 Å². The second-order valence-corrected chi connectivity index (χ2v) is 7.10. The van der Waals surface area contributed by atoms with Crippen LogP contribution in [0, 0.1) is 5.92 Å². The zero-order valence-electron chi connectivity index (χ0n) is 9.84. The van der Waals surface area contributed by atoms with Gasteiger partial charge in [-0.15, -0.1) is 0 Å². The van der Waals surface area contributed by atoms with Crippen molar-refractivity contribution in [3.8, 4) is 0 Å². The zero-order chi connectivity index (χ0) is 12.5. The Morgan fingerprint density at radius 2 is 1.88 bits per heavy atom. The summed E-state index contributed by atoms with van der Waals surface area (Å²) in [7, 11) is -3.24. The molecule has 0 aromatic heterocycles. The van der Waals surface area contributed by atoms with Crippen LogP contribution in [0.1, 0.15) is 38.5 Å². The number of nitrogens with zero attached hydrogens (tertiary/aromatic N) is 1. The van der Waals surface area contributed by atoms with Crippen LogP contribution in [0.4, 0.5) is 0 Å². The van der Waals surface area contributed by atoms with E-state index < -0.39 is 16.0 Å². The highest BCUT2D eigenvalue weighted by Gasteiger charge is 2.39. The van der Waals surface area contributed by atoms with Crippen LogP contribution in [-0.4, -0.2) is 42.1 Å². The first-order valence-corrected chi connectivity index (χ1v) is 7.81. The van der Waals surface area contributed by atoms with Crippen LogP contribution in [0.25, 0.3) is 0 Å². The maximum Gasteiger partial charge on any atom is 0.303 e. The number of sulfonamides is 1. The van der Waals surface area contributed by atoms with Gasteiger partial charge < -0.3 is 5.11 Å². The van der Waals surface area contributed by atoms with Gasteiger partial charge in [-0.05, 0) is 38.0 Å². The van der Waals surface area contributed by atoms with Crippen LogP contribution >= 0.6 is 0 Å². The van der Waals surface area contributed by atoms with E-state index in [1.54, 1.807) is 4.31 Å². The molecule has 0 atom stereocenters. The molecule has 1 N–H and O–H groups in total. The van der Waals surface area contributed by atoms with Gasteiger partial charge in [0.2, 0.25) is 10.0 Å². The average molecular weight is 261 g/mol. The molecule has 0 saturated heterocycles. The van der Waals surface area contributed by atoms with Crippen LogP contribution < -0.4 is 0 Å². The molecular weight excluding hydrogens is 242 g/mol. The van der Waals surface area contributed by atoms with Crippen molar-refractivity contribution in [2.45, 2.75) is 44.6 Å². The smallest absolute Gasteiger partial charge is 0.303 e. The van der Waals surface area contributed by atoms with Crippen molar-refractivity contribution in [2.75, 3.05) is 12.3 Å². The summed E-state index contributed by atoms with van der Waals surface area (Å²) in [6.45, 7) is 0.653. The van der Waals surface area contributed by atoms with Gasteiger partial charge in [-0.2, -0.15) is 4.31 Å². The van der Waals surface area contributed by atoms with E-state index in [0.717, 1.165) is 25.7 Å². The van der Waals surface area contributed by atoms with Gasteiger partial charge >= 0.3 is 5.97 Å². The molecule has 0 heterocycles. The maximum absolute atomic E-state index is 12.1. The van der Waals surface area contributed by atoms with E-state index in [1.165, 1.54) is 0 Å². The quantitative estimate of drug-likeness (QED) is 0.709. The SMILES string of the molecule is O=C(O)CCCS(=O)(=O)N(CC1CC1)C1CC1. The van der Waals surface area contributed by atoms with Gasteiger partial charge in [0.25, 0.3) is 0 Å². The monoisotopic (exact) mass is 261 g/mol. The summed E-state index contributed by atoms with van der Waals surface area (Å²) < 4.78 is 25.8. The minimum atomic E-state index is -3.24.